The maximum Gasteiger partial charge on any atom is 0.221 e. The van der Waals surface area contributed by atoms with Gasteiger partial charge in [-0.05, 0) is 6.42 Å². The molecule has 3 heteroatoms. The predicted octanol–water partition coefficient (Wildman–Crippen LogP) is 1.69. The van der Waals surface area contributed by atoms with Crippen molar-refractivity contribution in [3.63, 3.8) is 0 Å². The van der Waals surface area contributed by atoms with Gasteiger partial charge in [0, 0.05) is 24.2 Å². The highest BCUT2D eigenvalue weighted by Crippen LogP contribution is 1.97. The third-order valence-electron chi connectivity index (χ3n) is 1.54. The maximum absolute atomic E-state index is 11.1. The number of carbonyl (C=O) groups excluding carboxylic acids is 1. The van der Waals surface area contributed by atoms with E-state index in [2.05, 4.69) is 27.2 Å². The van der Waals surface area contributed by atoms with E-state index in [0.29, 0.717) is 18.2 Å². The number of amides is 1. The van der Waals surface area contributed by atoms with Gasteiger partial charge in [0.15, 0.2) is 0 Å². The molecule has 1 unspecified atom stereocenters. The van der Waals surface area contributed by atoms with Gasteiger partial charge in [0.25, 0.3) is 0 Å². The molecule has 0 aromatic heterocycles. The topological polar surface area (TPSA) is 29.1 Å². The highest BCUT2D eigenvalue weighted by molar-refractivity contribution is 9.09. The normalized spacial score (nSPS) is 11.8. The van der Waals surface area contributed by atoms with Crippen molar-refractivity contribution in [1.82, 2.24) is 5.32 Å². The highest BCUT2D eigenvalue weighted by Gasteiger charge is 2.07. The third kappa shape index (κ3) is 5.20. The SMILES string of the molecule is C#CCC(CC)NC(=O)CCBr. The molecule has 1 atom stereocenters. The first-order chi connectivity index (χ1) is 5.74. The average molecular weight is 232 g/mol. The fourth-order valence-electron chi connectivity index (χ4n) is 0.825. The second kappa shape index (κ2) is 7.17. The van der Waals surface area contributed by atoms with Crippen LogP contribution >= 0.6 is 15.9 Å². The van der Waals surface area contributed by atoms with Gasteiger partial charge >= 0.3 is 0 Å². The fraction of sp³-hybridized carbons (Fsp3) is 0.667. The number of alkyl halides is 1. The monoisotopic (exact) mass is 231 g/mol. The van der Waals surface area contributed by atoms with E-state index in [1.165, 1.54) is 0 Å². The van der Waals surface area contributed by atoms with Gasteiger partial charge in [0.05, 0.1) is 0 Å². The summed E-state index contributed by atoms with van der Waals surface area (Å²) in [5, 5.41) is 3.56. The minimum atomic E-state index is 0.0639. The zero-order chi connectivity index (χ0) is 9.40. The first-order valence-corrected chi connectivity index (χ1v) is 5.15. The van der Waals surface area contributed by atoms with E-state index in [1.807, 2.05) is 6.92 Å². The van der Waals surface area contributed by atoms with Gasteiger partial charge in [-0.25, -0.2) is 0 Å². The number of hydrogen-bond donors (Lipinski definition) is 1. The maximum atomic E-state index is 11.1. The number of halogens is 1. The van der Waals surface area contributed by atoms with E-state index < -0.39 is 0 Å². The Kier molecular flexibility index (Phi) is 6.88. The van der Waals surface area contributed by atoms with Crippen LogP contribution < -0.4 is 5.32 Å². The molecule has 0 bridgehead atoms. The molecule has 0 rings (SSSR count). The molecule has 2 nitrogen and oxygen atoms in total. The van der Waals surface area contributed by atoms with Crippen molar-refractivity contribution in [3.05, 3.63) is 0 Å². The lowest BCUT2D eigenvalue weighted by Gasteiger charge is -2.13. The zero-order valence-electron chi connectivity index (χ0n) is 7.27. The second-order valence-electron chi connectivity index (χ2n) is 2.52. The number of carbonyl (C=O) groups is 1. The summed E-state index contributed by atoms with van der Waals surface area (Å²) in [6.07, 6.45) is 7.16. The Hall–Kier alpha value is -0.490. The molecule has 0 aliphatic carbocycles. The summed E-state index contributed by atoms with van der Waals surface area (Å²) in [5.74, 6) is 2.60. The van der Waals surface area contributed by atoms with Crippen LogP contribution in [0.3, 0.4) is 0 Å². The molecule has 0 aromatic carbocycles. The Bertz CT molecular complexity index is 174. The Balaban J connectivity index is 3.70. The Labute approximate surface area is 82.2 Å². The molecular weight excluding hydrogens is 218 g/mol. The lowest BCUT2D eigenvalue weighted by molar-refractivity contribution is -0.121. The summed E-state index contributed by atoms with van der Waals surface area (Å²) >= 11 is 3.20. The number of hydrogen-bond acceptors (Lipinski definition) is 1. The van der Waals surface area contributed by atoms with Crippen LogP contribution in [0, 0.1) is 12.3 Å². The van der Waals surface area contributed by atoms with Crippen molar-refractivity contribution in [2.75, 3.05) is 5.33 Å². The van der Waals surface area contributed by atoms with Crippen molar-refractivity contribution in [2.24, 2.45) is 0 Å². The van der Waals surface area contributed by atoms with Crippen LogP contribution in [0.25, 0.3) is 0 Å². The molecule has 0 aliphatic rings. The number of nitrogens with one attached hydrogen (secondary N) is 1. The van der Waals surface area contributed by atoms with Crippen LogP contribution in [0.15, 0.2) is 0 Å². The van der Waals surface area contributed by atoms with Gasteiger partial charge in [0.2, 0.25) is 5.91 Å². The van der Waals surface area contributed by atoms with Gasteiger partial charge in [-0.3, -0.25) is 4.79 Å². The summed E-state index contributed by atoms with van der Waals surface area (Å²) in [6, 6.07) is 0.140. The Morgan fingerprint density at radius 1 is 1.75 bits per heavy atom. The van der Waals surface area contributed by atoms with Gasteiger partial charge in [-0.1, -0.05) is 22.9 Å². The third-order valence-corrected chi connectivity index (χ3v) is 1.94. The Morgan fingerprint density at radius 2 is 2.42 bits per heavy atom. The van der Waals surface area contributed by atoms with Gasteiger partial charge < -0.3 is 5.32 Å². The average Bonchev–Trinajstić information content (AvgIpc) is 2.04. The quantitative estimate of drug-likeness (QED) is 0.567. The molecule has 1 amide bonds. The summed E-state index contributed by atoms with van der Waals surface area (Å²) in [6.45, 7) is 2.01. The molecule has 68 valence electrons. The van der Waals surface area contributed by atoms with Crippen LogP contribution in [-0.4, -0.2) is 17.3 Å². The van der Waals surface area contributed by atoms with Crippen LogP contribution in [0.4, 0.5) is 0 Å². The van der Waals surface area contributed by atoms with Crippen molar-refractivity contribution in [1.29, 1.82) is 0 Å². The van der Waals surface area contributed by atoms with Crippen molar-refractivity contribution in [3.8, 4) is 12.3 Å². The van der Waals surface area contributed by atoms with E-state index in [0.717, 1.165) is 6.42 Å². The molecule has 0 saturated carbocycles. The summed E-state index contributed by atoms with van der Waals surface area (Å²) in [5.41, 5.74) is 0. The van der Waals surface area contributed by atoms with Crippen LogP contribution in [0.1, 0.15) is 26.2 Å². The Morgan fingerprint density at radius 3 is 2.83 bits per heavy atom. The molecule has 12 heavy (non-hydrogen) atoms. The number of rotatable bonds is 5. The minimum Gasteiger partial charge on any atom is -0.352 e. The van der Waals surface area contributed by atoms with Crippen molar-refractivity contribution in [2.45, 2.75) is 32.2 Å². The van der Waals surface area contributed by atoms with E-state index >= 15 is 0 Å². The number of terminal acetylenes is 1. The molecular formula is C9H14BrNO. The highest BCUT2D eigenvalue weighted by atomic mass is 79.9. The van der Waals surface area contributed by atoms with Gasteiger partial charge in [-0.2, -0.15) is 0 Å². The smallest absolute Gasteiger partial charge is 0.221 e. The molecule has 0 aliphatic heterocycles. The fourth-order valence-corrected chi connectivity index (χ4v) is 1.19. The van der Waals surface area contributed by atoms with Gasteiger partial charge in [0.1, 0.15) is 0 Å². The lowest BCUT2D eigenvalue weighted by Crippen LogP contribution is -2.34. The molecule has 0 radical (unpaired) electrons. The van der Waals surface area contributed by atoms with Crippen LogP contribution in [-0.2, 0) is 4.79 Å². The van der Waals surface area contributed by atoms with E-state index in [1.54, 1.807) is 0 Å². The first kappa shape index (κ1) is 11.5. The van der Waals surface area contributed by atoms with E-state index in [-0.39, 0.29) is 11.9 Å². The molecule has 0 fully saturated rings. The van der Waals surface area contributed by atoms with Crippen molar-refractivity contribution < 1.29 is 4.79 Å². The summed E-state index contributed by atoms with van der Waals surface area (Å²) in [7, 11) is 0. The minimum absolute atomic E-state index is 0.0639. The molecule has 0 spiro atoms. The molecule has 0 heterocycles. The molecule has 1 N–H and O–H groups in total. The molecule has 0 saturated heterocycles. The molecule has 0 aromatic rings. The zero-order valence-corrected chi connectivity index (χ0v) is 8.86. The first-order valence-electron chi connectivity index (χ1n) is 4.03. The summed E-state index contributed by atoms with van der Waals surface area (Å²) in [4.78, 5) is 11.1. The van der Waals surface area contributed by atoms with E-state index in [9.17, 15) is 4.79 Å². The van der Waals surface area contributed by atoms with Crippen LogP contribution in [0.5, 0.6) is 0 Å². The second-order valence-corrected chi connectivity index (χ2v) is 3.31. The van der Waals surface area contributed by atoms with E-state index in [4.69, 9.17) is 6.42 Å². The predicted molar refractivity (Wildman–Crippen MR) is 54.1 cm³/mol. The van der Waals surface area contributed by atoms with Crippen LogP contribution in [0.2, 0.25) is 0 Å². The summed E-state index contributed by atoms with van der Waals surface area (Å²) < 4.78 is 0. The lowest BCUT2D eigenvalue weighted by atomic mass is 10.1. The largest absolute Gasteiger partial charge is 0.352 e. The van der Waals surface area contributed by atoms with Crippen molar-refractivity contribution >= 4 is 21.8 Å². The van der Waals surface area contributed by atoms with Gasteiger partial charge in [-0.15, -0.1) is 12.3 Å². The standard InChI is InChI=1S/C9H14BrNO/c1-3-5-8(4-2)11-9(12)6-7-10/h1,8H,4-7H2,2H3,(H,11,12).